The molecular weight excluding hydrogens is 518 g/mol. The normalized spacial score (nSPS) is 15.9. The van der Waals surface area contributed by atoms with Crippen molar-refractivity contribution >= 4 is 39.1 Å². The number of fused-ring (bicyclic) bond motifs is 1. The van der Waals surface area contributed by atoms with Gasteiger partial charge >= 0.3 is 0 Å². The van der Waals surface area contributed by atoms with Crippen molar-refractivity contribution < 1.29 is 27.5 Å². The highest BCUT2D eigenvalue weighted by atomic mass is 35.5. The van der Waals surface area contributed by atoms with E-state index in [9.17, 15) is 18.0 Å². The molecular formula is C26H32ClN3O6S. The average molecular weight is 550 g/mol. The molecule has 1 atom stereocenters. The van der Waals surface area contributed by atoms with Gasteiger partial charge < -0.3 is 19.7 Å². The number of sulfonamides is 1. The van der Waals surface area contributed by atoms with Crippen LogP contribution >= 0.6 is 11.6 Å². The van der Waals surface area contributed by atoms with Gasteiger partial charge in [-0.1, -0.05) is 36.6 Å². The molecule has 0 spiro atoms. The van der Waals surface area contributed by atoms with Gasteiger partial charge in [0.2, 0.25) is 28.6 Å². The molecule has 1 fully saturated rings. The lowest BCUT2D eigenvalue weighted by Gasteiger charge is -2.32. The Morgan fingerprint density at radius 2 is 1.84 bits per heavy atom. The quantitative estimate of drug-likeness (QED) is 0.484. The molecule has 1 heterocycles. The van der Waals surface area contributed by atoms with Crippen molar-refractivity contribution in [1.82, 2.24) is 10.2 Å². The third-order valence-electron chi connectivity index (χ3n) is 6.73. The lowest BCUT2D eigenvalue weighted by atomic mass is 10.1. The summed E-state index contributed by atoms with van der Waals surface area (Å²) in [6.45, 7) is 2.84. The Labute approximate surface area is 222 Å². The Hall–Kier alpha value is -2.98. The number of carbonyl (C=O) groups is 2. The van der Waals surface area contributed by atoms with Crippen LogP contribution in [-0.2, 0) is 26.2 Å². The number of ether oxygens (including phenoxy) is 2. The Bertz CT molecular complexity index is 1250. The molecule has 1 N–H and O–H groups in total. The zero-order valence-electron chi connectivity index (χ0n) is 21.0. The molecule has 4 rings (SSSR count). The standard InChI is InChI=1S/C26H32ClN3O6S/c1-3-37(33,34)30(22-11-12-23-24(14-22)36-17-35-23)16-25(31)29(15-19-7-6-8-20(27)13-19)18(2)26(32)28-21-9-4-5-10-21/h6-8,11-14,18,21H,3-5,9-10,15-17H2,1-2H3,(H,28,32)/t18-/m0/s1. The SMILES string of the molecule is CCS(=O)(=O)N(CC(=O)N(Cc1cccc(Cl)c1)[C@@H](C)C(=O)NC1CCCC1)c1ccc2c(c1)OCO2. The van der Waals surface area contributed by atoms with Crippen LogP contribution in [0.5, 0.6) is 11.5 Å². The fraction of sp³-hybridized carbons (Fsp3) is 0.462. The lowest BCUT2D eigenvalue weighted by Crippen LogP contribution is -2.52. The van der Waals surface area contributed by atoms with Crippen molar-refractivity contribution in [2.24, 2.45) is 0 Å². The molecule has 2 aliphatic rings. The number of nitrogens with zero attached hydrogens (tertiary/aromatic N) is 2. The summed E-state index contributed by atoms with van der Waals surface area (Å²) in [7, 11) is -3.84. The third kappa shape index (κ3) is 6.48. The number of hydrogen-bond acceptors (Lipinski definition) is 6. The highest BCUT2D eigenvalue weighted by Crippen LogP contribution is 2.36. The van der Waals surface area contributed by atoms with E-state index in [1.165, 1.54) is 11.8 Å². The van der Waals surface area contributed by atoms with Crippen LogP contribution in [0, 0.1) is 0 Å². The van der Waals surface area contributed by atoms with Crippen molar-refractivity contribution in [3.8, 4) is 11.5 Å². The van der Waals surface area contributed by atoms with E-state index in [0.29, 0.717) is 16.5 Å². The highest BCUT2D eigenvalue weighted by Gasteiger charge is 2.32. The van der Waals surface area contributed by atoms with Gasteiger partial charge in [-0.3, -0.25) is 13.9 Å². The number of rotatable bonds is 10. The molecule has 0 bridgehead atoms. The molecule has 2 aromatic rings. The van der Waals surface area contributed by atoms with Crippen LogP contribution in [0.15, 0.2) is 42.5 Å². The van der Waals surface area contributed by atoms with Crippen LogP contribution in [-0.4, -0.2) is 56.3 Å². The number of halogens is 1. The Balaban J connectivity index is 1.62. The van der Waals surface area contributed by atoms with E-state index >= 15 is 0 Å². The number of nitrogens with one attached hydrogen (secondary N) is 1. The number of hydrogen-bond donors (Lipinski definition) is 1. The largest absolute Gasteiger partial charge is 0.454 e. The molecule has 0 unspecified atom stereocenters. The topological polar surface area (TPSA) is 105 Å². The smallest absolute Gasteiger partial charge is 0.244 e. The maximum Gasteiger partial charge on any atom is 0.244 e. The van der Waals surface area contributed by atoms with Gasteiger partial charge in [-0.05, 0) is 56.5 Å². The van der Waals surface area contributed by atoms with Gasteiger partial charge in [-0.2, -0.15) is 0 Å². The van der Waals surface area contributed by atoms with Crippen molar-refractivity contribution in [2.45, 2.75) is 58.2 Å². The first-order valence-electron chi connectivity index (χ1n) is 12.4. The Morgan fingerprint density at radius 3 is 2.54 bits per heavy atom. The molecule has 11 heteroatoms. The van der Waals surface area contributed by atoms with E-state index in [0.717, 1.165) is 35.6 Å². The zero-order chi connectivity index (χ0) is 26.6. The van der Waals surface area contributed by atoms with E-state index in [2.05, 4.69) is 5.32 Å². The molecule has 2 aromatic carbocycles. The Kier molecular flexibility index (Phi) is 8.49. The molecule has 200 valence electrons. The van der Waals surface area contributed by atoms with Gasteiger partial charge in [0.25, 0.3) is 0 Å². The molecule has 9 nitrogen and oxygen atoms in total. The zero-order valence-corrected chi connectivity index (χ0v) is 22.6. The molecule has 1 aliphatic heterocycles. The summed E-state index contributed by atoms with van der Waals surface area (Å²) < 4.78 is 38.0. The first-order chi connectivity index (χ1) is 17.7. The van der Waals surface area contributed by atoms with E-state index in [-0.39, 0.29) is 36.7 Å². The molecule has 37 heavy (non-hydrogen) atoms. The summed E-state index contributed by atoms with van der Waals surface area (Å²) in [5.74, 6) is -0.0789. The maximum absolute atomic E-state index is 13.7. The summed E-state index contributed by atoms with van der Waals surface area (Å²) in [6.07, 6.45) is 3.94. The van der Waals surface area contributed by atoms with E-state index in [1.54, 1.807) is 43.3 Å². The van der Waals surface area contributed by atoms with Crippen molar-refractivity contribution in [3.63, 3.8) is 0 Å². The fourth-order valence-corrected chi connectivity index (χ4v) is 5.83. The first-order valence-corrected chi connectivity index (χ1v) is 14.4. The lowest BCUT2D eigenvalue weighted by molar-refractivity contribution is -0.139. The van der Waals surface area contributed by atoms with Gasteiger partial charge in [0, 0.05) is 23.7 Å². The molecule has 0 aromatic heterocycles. The van der Waals surface area contributed by atoms with Gasteiger partial charge in [-0.25, -0.2) is 8.42 Å². The Morgan fingerprint density at radius 1 is 1.11 bits per heavy atom. The minimum Gasteiger partial charge on any atom is -0.454 e. The molecule has 2 amide bonds. The second-order valence-electron chi connectivity index (χ2n) is 9.26. The number of anilines is 1. The van der Waals surface area contributed by atoms with Gasteiger partial charge in [0.1, 0.15) is 12.6 Å². The maximum atomic E-state index is 13.7. The van der Waals surface area contributed by atoms with Crippen molar-refractivity contribution in [2.75, 3.05) is 23.4 Å². The fourth-order valence-electron chi connectivity index (χ4n) is 4.57. The van der Waals surface area contributed by atoms with Crippen molar-refractivity contribution in [3.05, 3.63) is 53.1 Å². The monoisotopic (exact) mass is 549 g/mol. The minimum atomic E-state index is -3.84. The van der Waals surface area contributed by atoms with Crippen LogP contribution in [0.2, 0.25) is 5.02 Å². The summed E-state index contributed by atoms with van der Waals surface area (Å²) in [5.41, 5.74) is 1.01. The average Bonchev–Trinajstić information content (AvgIpc) is 3.56. The predicted molar refractivity (Wildman–Crippen MR) is 141 cm³/mol. The third-order valence-corrected chi connectivity index (χ3v) is 8.71. The minimum absolute atomic E-state index is 0.0410. The summed E-state index contributed by atoms with van der Waals surface area (Å²) in [4.78, 5) is 28.3. The molecule has 0 radical (unpaired) electrons. The second kappa shape index (κ2) is 11.6. The summed E-state index contributed by atoms with van der Waals surface area (Å²) in [6, 6.07) is 11.0. The molecule has 1 aliphatic carbocycles. The van der Waals surface area contributed by atoms with E-state index < -0.39 is 28.5 Å². The first kappa shape index (κ1) is 27.1. The van der Waals surface area contributed by atoms with Crippen LogP contribution in [0.25, 0.3) is 0 Å². The summed E-state index contributed by atoms with van der Waals surface area (Å²) in [5, 5.41) is 3.55. The second-order valence-corrected chi connectivity index (χ2v) is 11.9. The van der Waals surface area contributed by atoms with E-state index in [4.69, 9.17) is 21.1 Å². The number of carbonyl (C=O) groups excluding carboxylic acids is 2. The van der Waals surface area contributed by atoms with Crippen LogP contribution in [0.4, 0.5) is 5.69 Å². The van der Waals surface area contributed by atoms with Crippen LogP contribution in [0.3, 0.4) is 0 Å². The molecule has 0 saturated heterocycles. The van der Waals surface area contributed by atoms with Crippen LogP contribution in [0.1, 0.15) is 45.1 Å². The van der Waals surface area contributed by atoms with Gasteiger partial charge in [0.05, 0.1) is 11.4 Å². The van der Waals surface area contributed by atoms with Crippen LogP contribution < -0.4 is 19.1 Å². The van der Waals surface area contributed by atoms with Crippen molar-refractivity contribution in [1.29, 1.82) is 0 Å². The van der Waals surface area contributed by atoms with Gasteiger partial charge in [-0.15, -0.1) is 0 Å². The van der Waals surface area contributed by atoms with Gasteiger partial charge in [0.15, 0.2) is 11.5 Å². The molecule has 1 saturated carbocycles. The highest BCUT2D eigenvalue weighted by molar-refractivity contribution is 7.92. The van der Waals surface area contributed by atoms with E-state index in [1.807, 2.05) is 6.07 Å². The summed E-state index contributed by atoms with van der Waals surface area (Å²) >= 11 is 6.16. The predicted octanol–water partition coefficient (Wildman–Crippen LogP) is 3.70. The number of amides is 2. The number of benzene rings is 2.